The predicted octanol–water partition coefficient (Wildman–Crippen LogP) is 2.39. The van der Waals surface area contributed by atoms with Crippen molar-refractivity contribution in [1.82, 2.24) is 14.9 Å². The van der Waals surface area contributed by atoms with Crippen molar-refractivity contribution >= 4 is 27.3 Å². The van der Waals surface area contributed by atoms with Crippen LogP contribution < -0.4 is 10.6 Å². The summed E-state index contributed by atoms with van der Waals surface area (Å²) >= 11 is 1.21. The van der Waals surface area contributed by atoms with E-state index in [-0.39, 0.29) is 12.4 Å². The zero-order valence-corrected chi connectivity index (χ0v) is 16.6. The average Bonchev–Trinajstić information content (AvgIpc) is 3.08. The van der Waals surface area contributed by atoms with E-state index in [9.17, 15) is 12.8 Å². The maximum Gasteiger partial charge on any atom is 0.252 e. The van der Waals surface area contributed by atoms with Crippen molar-refractivity contribution in [3.63, 3.8) is 0 Å². The maximum absolute atomic E-state index is 13.7. The van der Waals surface area contributed by atoms with Gasteiger partial charge in [0.2, 0.25) is 0 Å². The molecule has 2 N–H and O–H groups in total. The Morgan fingerprint density at radius 3 is 2.58 bits per heavy atom. The molecule has 0 radical (unpaired) electrons. The topological polar surface area (TPSA) is 73.8 Å². The van der Waals surface area contributed by atoms with Crippen LogP contribution in [0.4, 0.5) is 4.39 Å². The summed E-state index contributed by atoms with van der Waals surface area (Å²) < 4.78 is 39.4. The van der Waals surface area contributed by atoms with Crippen molar-refractivity contribution in [1.29, 1.82) is 0 Å². The number of guanidine groups is 1. The lowest BCUT2D eigenvalue weighted by Gasteiger charge is -2.11. The van der Waals surface area contributed by atoms with E-state index in [2.05, 4.69) is 15.6 Å². The Morgan fingerprint density at radius 2 is 1.92 bits per heavy atom. The first-order chi connectivity index (χ1) is 12.3. The van der Waals surface area contributed by atoms with Crippen molar-refractivity contribution < 1.29 is 12.8 Å². The molecule has 0 aliphatic carbocycles. The van der Waals surface area contributed by atoms with Crippen LogP contribution in [0.2, 0.25) is 0 Å². The lowest BCUT2D eigenvalue weighted by Crippen LogP contribution is -2.36. The third-order valence-electron chi connectivity index (χ3n) is 3.51. The van der Waals surface area contributed by atoms with Gasteiger partial charge >= 0.3 is 0 Å². The number of hydrogen-bond acceptors (Lipinski definition) is 4. The summed E-state index contributed by atoms with van der Waals surface area (Å²) in [6, 6.07) is 9.88. The van der Waals surface area contributed by atoms with Crippen LogP contribution in [0.1, 0.15) is 17.4 Å². The first-order valence-electron chi connectivity index (χ1n) is 8.11. The van der Waals surface area contributed by atoms with Gasteiger partial charge in [0, 0.05) is 31.1 Å². The van der Waals surface area contributed by atoms with Gasteiger partial charge in [-0.05, 0) is 25.1 Å². The average molecular weight is 399 g/mol. The van der Waals surface area contributed by atoms with E-state index in [1.807, 2.05) is 6.92 Å². The molecular formula is C17H23FN4O2S2. The Hall–Kier alpha value is -1.97. The molecule has 2 rings (SSSR count). The normalized spacial score (nSPS) is 12.4. The molecule has 142 valence electrons. The second-order valence-electron chi connectivity index (χ2n) is 5.65. The van der Waals surface area contributed by atoms with Crippen LogP contribution in [-0.4, -0.2) is 39.3 Å². The highest BCUT2D eigenvalue weighted by molar-refractivity contribution is 7.91. The molecule has 0 fully saturated rings. The van der Waals surface area contributed by atoms with Gasteiger partial charge < -0.3 is 10.6 Å². The van der Waals surface area contributed by atoms with E-state index in [1.54, 1.807) is 30.3 Å². The molecule has 1 aromatic heterocycles. The number of sulfonamides is 1. The first kappa shape index (κ1) is 20.3. The standard InChI is InChI=1S/C17H23FN4O2S2/c1-4-19-17(20-11-13-7-5-6-8-15(13)18)21-12-14-9-10-16(25-14)26(23,24)22(2)3/h5-10H,4,11-12H2,1-3H3,(H2,19,20,21). The number of benzene rings is 1. The van der Waals surface area contributed by atoms with Crippen LogP contribution in [0.25, 0.3) is 0 Å². The van der Waals surface area contributed by atoms with Crippen molar-refractivity contribution in [3.05, 3.63) is 52.7 Å². The lowest BCUT2D eigenvalue weighted by molar-refractivity contribution is 0.523. The second-order valence-corrected chi connectivity index (χ2v) is 9.20. The molecule has 0 bridgehead atoms. The summed E-state index contributed by atoms with van der Waals surface area (Å²) in [6.45, 7) is 3.24. The Kier molecular flexibility index (Phi) is 7.13. The molecule has 1 heterocycles. The van der Waals surface area contributed by atoms with Gasteiger partial charge in [-0.15, -0.1) is 11.3 Å². The molecule has 0 spiro atoms. The Balaban J connectivity index is 2.04. The van der Waals surface area contributed by atoms with E-state index < -0.39 is 10.0 Å². The van der Waals surface area contributed by atoms with Gasteiger partial charge in [0.1, 0.15) is 10.0 Å². The number of nitrogens with zero attached hydrogens (tertiary/aromatic N) is 2. The van der Waals surface area contributed by atoms with E-state index in [0.29, 0.717) is 28.8 Å². The molecule has 9 heteroatoms. The van der Waals surface area contributed by atoms with Crippen LogP contribution in [0.3, 0.4) is 0 Å². The monoisotopic (exact) mass is 398 g/mol. The zero-order chi connectivity index (χ0) is 19.2. The summed E-state index contributed by atoms with van der Waals surface area (Å²) in [5.41, 5.74) is 0.514. The number of hydrogen-bond donors (Lipinski definition) is 2. The van der Waals surface area contributed by atoms with Crippen LogP contribution >= 0.6 is 11.3 Å². The van der Waals surface area contributed by atoms with Crippen molar-refractivity contribution in [2.45, 2.75) is 24.2 Å². The molecule has 6 nitrogen and oxygen atoms in total. The number of nitrogens with one attached hydrogen (secondary N) is 2. The minimum absolute atomic E-state index is 0.215. The largest absolute Gasteiger partial charge is 0.357 e. The van der Waals surface area contributed by atoms with Crippen LogP contribution in [0.5, 0.6) is 0 Å². The number of thiophene rings is 1. The minimum Gasteiger partial charge on any atom is -0.357 e. The van der Waals surface area contributed by atoms with Gasteiger partial charge in [0.25, 0.3) is 10.0 Å². The van der Waals surface area contributed by atoms with Crippen molar-refractivity contribution in [3.8, 4) is 0 Å². The molecular weight excluding hydrogens is 375 g/mol. The number of rotatable bonds is 7. The van der Waals surface area contributed by atoms with Crippen LogP contribution in [0.15, 0.2) is 45.6 Å². The molecule has 26 heavy (non-hydrogen) atoms. The molecule has 0 saturated heterocycles. The Morgan fingerprint density at radius 1 is 1.19 bits per heavy atom. The number of halogens is 1. The minimum atomic E-state index is -3.42. The molecule has 0 saturated carbocycles. The van der Waals surface area contributed by atoms with E-state index in [0.717, 1.165) is 4.88 Å². The predicted molar refractivity (Wildman–Crippen MR) is 103 cm³/mol. The highest BCUT2D eigenvalue weighted by Crippen LogP contribution is 2.23. The lowest BCUT2D eigenvalue weighted by atomic mass is 10.2. The van der Waals surface area contributed by atoms with Gasteiger partial charge in [-0.3, -0.25) is 0 Å². The van der Waals surface area contributed by atoms with E-state index in [4.69, 9.17) is 0 Å². The van der Waals surface area contributed by atoms with E-state index >= 15 is 0 Å². The summed E-state index contributed by atoms with van der Waals surface area (Å²) in [7, 11) is -0.408. The Bertz CT molecular complexity index is 863. The van der Waals surface area contributed by atoms with Crippen molar-refractivity contribution in [2.24, 2.45) is 4.99 Å². The maximum atomic E-state index is 13.7. The highest BCUT2D eigenvalue weighted by atomic mass is 32.2. The van der Waals surface area contributed by atoms with Crippen molar-refractivity contribution in [2.75, 3.05) is 20.6 Å². The van der Waals surface area contributed by atoms with E-state index in [1.165, 1.54) is 35.8 Å². The molecule has 2 aromatic rings. The summed E-state index contributed by atoms with van der Waals surface area (Å²) in [4.78, 5) is 5.24. The SMILES string of the molecule is CCNC(=NCc1ccccc1F)NCc1ccc(S(=O)(=O)N(C)C)s1. The summed E-state index contributed by atoms with van der Waals surface area (Å²) in [5.74, 6) is 0.255. The highest BCUT2D eigenvalue weighted by Gasteiger charge is 2.19. The van der Waals surface area contributed by atoms with Crippen LogP contribution in [0, 0.1) is 5.82 Å². The smallest absolute Gasteiger partial charge is 0.252 e. The fourth-order valence-electron chi connectivity index (χ4n) is 2.08. The third-order valence-corrected chi connectivity index (χ3v) is 6.88. The third kappa shape index (κ3) is 5.26. The summed E-state index contributed by atoms with van der Waals surface area (Å²) in [5, 5.41) is 6.23. The molecule has 0 amide bonds. The summed E-state index contributed by atoms with van der Waals surface area (Å²) in [6.07, 6.45) is 0. The van der Waals surface area contributed by atoms with Crippen LogP contribution in [-0.2, 0) is 23.1 Å². The van der Waals surface area contributed by atoms with Gasteiger partial charge in [0.05, 0.1) is 13.1 Å². The van der Waals surface area contributed by atoms with Gasteiger partial charge in [-0.1, -0.05) is 18.2 Å². The fraction of sp³-hybridized carbons (Fsp3) is 0.353. The van der Waals surface area contributed by atoms with Gasteiger partial charge in [-0.25, -0.2) is 22.1 Å². The molecule has 0 aliphatic heterocycles. The number of aliphatic imine (C=N–C) groups is 1. The Labute approximate surface area is 157 Å². The van der Waals surface area contributed by atoms with Gasteiger partial charge in [0.15, 0.2) is 5.96 Å². The fourth-order valence-corrected chi connectivity index (χ4v) is 4.54. The van der Waals surface area contributed by atoms with Gasteiger partial charge in [-0.2, -0.15) is 0 Å². The molecule has 0 aliphatic rings. The zero-order valence-electron chi connectivity index (χ0n) is 15.0. The second kappa shape index (κ2) is 9.11. The first-order valence-corrected chi connectivity index (χ1v) is 10.4. The molecule has 1 aromatic carbocycles. The molecule has 0 unspecified atom stereocenters. The quantitative estimate of drug-likeness (QED) is 0.555. The molecule has 0 atom stereocenters.